The van der Waals surface area contributed by atoms with Crippen LogP contribution in [-0.4, -0.2) is 25.1 Å². The highest BCUT2D eigenvalue weighted by molar-refractivity contribution is 7.85. The highest BCUT2D eigenvalue weighted by Crippen LogP contribution is 2.24. The van der Waals surface area contributed by atoms with E-state index in [0.29, 0.717) is 23.1 Å². The van der Waals surface area contributed by atoms with Crippen molar-refractivity contribution < 1.29 is 22.6 Å². The summed E-state index contributed by atoms with van der Waals surface area (Å²) >= 11 is 0. The molecule has 98 valence electrons. The van der Waals surface area contributed by atoms with Gasteiger partial charge in [-0.25, -0.2) is 5.48 Å². The second-order valence-corrected chi connectivity index (χ2v) is 4.83. The standard InChI is InChI=1S/C9H8N2O2.CH4O3S/c10-9(12)7-2-1-3-8-6(7)4-5-11-13-8;1-5(2,3)4/h1-5,11H,(H2,10,12);1H3,(H,2,3,4). The number of benzene rings is 1. The number of hydroxylamine groups is 1. The van der Waals surface area contributed by atoms with E-state index in [1.807, 2.05) is 0 Å². The van der Waals surface area contributed by atoms with Crippen LogP contribution in [0.2, 0.25) is 0 Å². The molecule has 0 radical (unpaired) electrons. The molecule has 1 aliphatic rings. The fraction of sp³-hybridized carbons (Fsp3) is 0.100. The zero-order chi connectivity index (χ0) is 13.8. The summed E-state index contributed by atoms with van der Waals surface area (Å²) in [5.74, 6) is 0.158. The number of nitrogens with one attached hydrogen (secondary N) is 1. The number of rotatable bonds is 1. The summed E-state index contributed by atoms with van der Waals surface area (Å²) in [5, 5.41) is 0. The van der Waals surface area contributed by atoms with Crippen molar-refractivity contribution in [1.29, 1.82) is 0 Å². The zero-order valence-corrected chi connectivity index (χ0v) is 10.3. The van der Waals surface area contributed by atoms with E-state index in [4.69, 9.17) is 15.1 Å². The molecule has 4 N–H and O–H groups in total. The van der Waals surface area contributed by atoms with Gasteiger partial charge >= 0.3 is 0 Å². The van der Waals surface area contributed by atoms with Crippen LogP contribution in [0.5, 0.6) is 5.75 Å². The molecule has 8 heteroatoms. The Labute approximate surface area is 104 Å². The topological polar surface area (TPSA) is 119 Å². The number of carbonyl (C=O) groups excluding carboxylic acids is 1. The van der Waals surface area contributed by atoms with E-state index in [9.17, 15) is 13.2 Å². The van der Waals surface area contributed by atoms with Gasteiger partial charge in [0.25, 0.3) is 10.1 Å². The first-order valence-electron chi connectivity index (χ1n) is 4.73. The number of hydrogen-bond donors (Lipinski definition) is 3. The highest BCUT2D eigenvalue weighted by atomic mass is 32.2. The first kappa shape index (κ1) is 14.0. The Kier molecular flexibility index (Phi) is 4.29. The molecular formula is C10H12N2O5S. The van der Waals surface area contributed by atoms with Gasteiger partial charge in [-0.2, -0.15) is 8.42 Å². The van der Waals surface area contributed by atoms with Crippen LogP contribution >= 0.6 is 0 Å². The minimum Gasteiger partial charge on any atom is -0.382 e. The zero-order valence-electron chi connectivity index (χ0n) is 9.45. The minimum absolute atomic E-state index is 0.452. The number of hydrogen-bond acceptors (Lipinski definition) is 5. The SMILES string of the molecule is CS(=O)(=O)O.NC(=O)c1cccc2c1C=CNO2. The van der Waals surface area contributed by atoms with Crippen molar-refractivity contribution in [3.63, 3.8) is 0 Å². The van der Waals surface area contributed by atoms with Crippen molar-refractivity contribution in [2.24, 2.45) is 5.73 Å². The summed E-state index contributed by atoms with van der Waals surface area (Å²) < 4.78 is 25.9. The number of fused-ring (bicyclic) bond motifs is 1. The van der Waals surface area contributed by atoms with Crippen LogP contribution < -0.4 is 16.1 Å². The number of nitrogens with two attached hydrogens (primary N) is 1. The van der Waals surface area contributed by atoms with E-state index in [-0.39, 0.29) is 0 Å². The monoisotopic (exact) mass is 272 g/mol. The molecule has 1 aromatic rings. The van der Waals surface area contributed by atoms with Crippen LogP contribution in [0.15, 0.2) is 24.4 Å². The Bertz CT molecular complexity index is 572. The van der Waals surface area contributed by atoms with E-state index >= 15 is 0 Å². The van der Waals surface area contributed by atoms with Crippen LogP contribution in [-0.2, 0) is 10.1 Å². The van der Waals surface area contributed by atoms with Crippen molar-refractivity contribution in [2.75, 3.05) is 6.26 Å². The molecule has 1 amide bonds. The molecule has 0 saturated carbocycles. The highest BCUT2D eigenvalue weighted by Gasteiger charge is 2.13. The fourth-order valence-electron chi connectivity index (χ4n) is 1.23. The van der Waals surface area contributed by atoms with Crippen molar-refractivity contribution >= 4 is 22.1 Å². The van der Waals surface area contributed by atoms with Crippen molar-refractivity contribution in [3.8, 4) is 5.75 Å². The van der Waals surface area contributed by atoms with Gasteiger partial charge in [0.2, 0.25) is 5.91 Å². The molecule has 0 aliphatic carbocycles. The van der Waals surface area contributed by atoms with E-state index < -0.39 is 16.0 Å². The molecule has 2 rings (SSSR count). The largest absolute Gasteiger partial charge is 0.382 e. The Morgan fingerprint density at radius 2 is 2.06 bits per heavy atom. The Balaban J connectivity index is 0.000000280. The molecule has 0 bridgehead atoms. The van der Waals surface area contributed by atoms with Crippen LogP contribution in [0.1, 0.15) is 15.9 Å². The second-order valence-electron chi connectivity index (χ2n) is 3.37. The van der Waals surface area contributed by atoms with E-state index in [1.165, 1.54) is 0 Å². The van der Waals surface area contributed by atoms with Gasteiger partial charge in [0.1, 0.15) is 0 Å². The molecule has 0 saturated heterocycles. The molecule has 0 spiro atoms. The predicted molar refractivity (Wildman–Crippen MR) is 65.2 cm³/mol. The van der Waals surface area contributed by atoms with Gasteiger partial charge in [0.15, 0.2) is 5.75 Å². The first-order chi connectivity index (χ1) is 8.29. The van der Waals surface area contributed by atoms with Gasteiger partial charge < -0.3 is 10.6 Å². The lowest BCUT2D eigenvalue weighted by molar-refractivity contribution is 0.0999. The maximum atomic E-state index is 11.0. The second kappa shape index (κ2) is 5.52. The summed E-state index contributed by atoms with van der Waals surface area (Å²) in [7, 11) is -3.67. The number of amides is 1. The maximum Gasteiger partial charge on any atom is 0.261 e. The summed E-state index contributed by atoms with van der Waals surface area (Å²) in [4.78, 5) is 16.1. The summed E-state index contributed by atoms with van der Waals surface area (Å²) in [6.45, 7) is 0. The van der Waals surface area contributed by atoms with Crippen molar-refractivity contribution in [2.45, 2.75) is 0 Å². The van der Waals surface area contributed by atoms with Crippen molar-refractivity contribution in [1.82, 2.24) is 5.48 Å². The lowest BCUT2D eigenvalue weighted by Gasteiger charge is -2.14. The average Bonchev–Trinajstić information content (AvgIpc) is 2.26. The normalized spacial score (nSPS) is 12.3. The Hall–Kier alpha value is -2.06. The van der Waals surface area contributed by atoms with Gasteiger partial charge in [-0.15, -0.1) is 0 Å². The van der Waals surface area contributed by atoms with Gasteiger partial charge in [-0.05, 0) is 18.2 Å². The maximum absolute atomic E-state index is 11.0. The Morgan fingerprint density at radius 1 is 1.44 bits per heavy atom. The smallest absolute Gasteiger partial charge is 0.261 e. The quantitative estimate of drug-likeness (QED) is 0.626. The Morgan fingerprint density at radius 3 is 2.61 bits per heavy atom. The summed E-state index contributed by atoms with van der Waals surface area (Å²) in [6.07, 6.45) is 4.07. The van der Waals surface area contributed by atoms with Gasteiger partial charge in [0.05, 0.1) is 11.8 Å². The number of carbonyl (C=O) groups is 1. The summed E-state index contributed by atoms with van der Waals surface area (Å²) in [5.41, 5.74) is 8.95. The number of primary amides is 1. The molecule has 0 aromatic heterocycles. The molecule has 7 nitrogen and oxygen atoms in total. The lowest BCUT2D eigenvalue weighted by atomic mass is 10.1. The lowest BCUT2D eigenvalue weighted by Crippen LogP contribution is -2.18. The third kappa shape index (κ3) is 4.44. The van der Waals surface area contributed by atoms with E-state index in [0.717, 1.165) is 0 Å². The molecular weight excluding hydrogens is 260 g/mol. The molecule has 1 heterocycles. The molecule has 18 heavy (non-hydrogen) atoms. The third-order valence-corrected chi connectivity index (χ3v) is 1.82. The van der Waals surface area contributed by atoms with E-state index in [2.05, 4.69) is 5.48 Å². The van der Waals surface area contributed by atoms with Crippen LogP contribution in [0.25, 0.3) is 6.08 Å². The van der Waals surface area contributed by atoms with Gasteiger partial charge in [-0.3, -0.25) is 9.35 Å². The average molecular weight is 272 g/mol. The molecule has 1 aliphatic heterocycles. The fourth-order valence-corrected chi connectivity index (χ4v) is 1.23. The first-order valence-corrected chi connectivity index (χ1v) is 6.58. The van der Waals surface area contributed by atoms with Crippen LogP contribution in [0.3, 0.4) is 0 Å². The van der Waals surface area contributed by atoms with E-state index in [1.54, 1.807) is 30.5 Å². The van der Waals surface area contributed by atoms with Gasteiger partial charge in [-0.1, -0.05) is 6.07 Å². The minimum atomic E-state index is -3.67. The third-order valence-electron chi connectivity index (χ3n) is 1.82. The van der Waals surface area contributed by atoms with Crippen molar-refractivity contribution in [3.05, 3.63) is 35.5 Å². The predicted octanol–water partition coefficient (Wildman–Crippen LogP) is 0.157. The van der Waals surface area contributed by atoms with Gasteiger partial charge in [0, 0.05) is 11.8 Å². The molecule has 1 aromatic carbocycles. The molecule has 0 atom stereocenters. The van der Waals surface area contributed by atoms with Crippen LogP contribution in [0, 0.1) is 0 Å². The molecule has 0 fully saturated rings. The molecule has 0 unspecified atom stereocenters. The summed E-state index contributed by atoms with van der Waals surface area (Å²) in [6, 6.07) is 5.15. The van der Waals surface area contributed by atoms with Crippen LogP contribution in [0.4, 0.5) is 0 Å².